The third kappa shape index (κ3) is 4.30. The van der Waals surface area contributed by atoms with Crippen LogP contribution in [0.15, 0.2) is 72.3 Å². The van der Waals surface area contributed by atoms with Gasteiger partial charge >= 0.3 is 0 Å². The summed E-state index contributed by atoms with van der Waals surface area (Å²) in [7, 11) is 0. The second kappa shape index (κ2) is 7.56. The first-order valence-electron chi connectivity index (χ1n) is 7.02. The first-order chi connectivity index (χ1) is 10.9. The Morgan fingerprint density at radius 1 is 0.864 bits per heavy atom. The van der Waals surface area contributed by atoms with Crippen LogP contribution in [-0.2, 0) is 12.3 Å². The van der Waals surface area contributed by atoms with Crippen molar-refractivity contribution >= 4 is 17.6 Å². The summed E-state index contributed by atoms with van der Waals surface area (Å²) in [6, 6.07) is 14.3. The Bertz CT molecular complexity index is 645. The predicted molar refractivity (Wildman–Crippen MR) is 89.6 cm³/mol. The molecule has 4 nitrogen and oxygen atoms in total. The molecule has 3 rings (SSSR count). The van der Waals surface area contributed by atoms with Gasteiger partial charge in [-0.15, -0.1) is 11.8 Å². The number of anilines is 1. The van der Waals surface area contributed by atoms with E-state index in [1.807, 2.05) is 36.5 Å². The van der Waals surface area contributed by atoms with E-state index in [2.05, 4.69) is 32.4 Å². The fourth-order valence-corrected chi connectivity index (χ4v) is 2.73. The molecule has 22 heavy (non-hydrogen) atoms. The largest absolute Gasteiger partial charge is 0.365 e. The van der Waals surface area contributed by atoms with Crippen molar-refractivity contribution in [3.8, 4) is 0 Å². The van der Waals surface area contributed by atoms with Crippen LogP contribution in [0, 0.1) is 0 Å². The molecular formula is C17H16N4S. The molecule has 0 spiro atoms. The maximum Gasteiger partial charge on any atom is 0.146 e. The molecule has 1 aromatic carbocycles. The van der Waals surface area contributed by atoms with E-state index >= 15 is 0 Å². The van der Waals surface area contributed by atoms with E-state index in [1.54, 1.807) is 30.4 Å². The minimum Gasteiger partial charge on any atom is -0.365 e. The minimum atomic E-state index is 0.690. The van der Waals surface area contributed by atoms with E-state index in [0.717, 1.165) is 22.2 Å². The Balaban J connectivity index is 1.58. The number of benzene rings is 1. The Morgan fingerprint density at radius 3 is 2.55 bits per heavy atom. The molecule has 0 fully saturated rings. The first kappa shape index (κ1) is 14.5. The van der Waals surface area contributed by atoms with Crippen molar-refractivity contribution in [3.63, 3.8) is 0 Å². The van der Waals surface area contributed by atoms with Crippen molar-refractivity contribution in [2.75, 3.05) is 5.32 Å². The van der Waals surface area contributed by atoms with Gasteiger partial charge in [-0.25, -0.2) is 4.98 Å². The molecule has 0 atom stereocenters. The van der Waals surface area contributed by atoms with Crippen molar-refractivity contribution in [2.24, 2.45) is 0 Å². The normalized spacial score (nSPS) is 10.4. The fraction of sp³-hybridized carbons (Fsp3) is 0.118. The minimum absolute atomic E-state index is 0.690. The highest BCUT2D eigenvalue weighted by molar-refractivity contribution is 7.98. The standard InChI is InChI=1S/C17H16N4S/c1-2-5-14(6-3-1)13-22-17-12-19-11-16(21-17)20-10-15-7-4-8-18-9-15/h1-9,11-12H,10,13H2,(H,20,21). The van der Waals surface area contributed by atoms with Crippen molar-refractivity contribution in [1.29, 1.82) is 0 Å². The molecule has 2 heterocycles. The lowest BCUT2D eigenvalue weighted by molar-refractivity contribution is 1.01. The molecule has 1 N–H and O–H groups in total. The molecule has 0 aliphatic heterocycles. The number of nitrogens with zero attached hydrogens (tertiary/aromatic N) is 3. The molecule has 0 unspecified atom stereocenters. The third-order valence-corrected chi connectivity index (χ3v) is 4.01. The SMILES string of the molecule is c1ccc(CSc2cncc(NCc3cccnc3)n2)cc1. The number of rotatable bonds is 6. The van der Waals surface area contributed by atoms with Gasteiger partial charge in [-0.1, -0.05) is 36.4 Å². The molecule has 110 valence electrons. The molecule has 0 saturated carbocycles. The summed E-state index contributed by atoms with van der Waals surface area (Å²) in [6.07, 6.45) is 7.14. The quantitative estimate of drug-likeness (QED) is 0.702. The van der Waals surface area contributed by atoms with E-state index in [1.165, 1.54) is 5.56 Å². The van der Waals surface area contributed by atoms with Gasteiger partial charge in [0.25, 0.3) is 0 Å². The Labute approximate surface area is 134 Å². The van der Waals surface area contributed by atoms with Crippen LogP contribution in [0.3, 0.4) is 0 Å². The Kier molecular flexibility index (Phi) is 5.00. The van der Waals surface area contributed by atoms with Crippen LogP contribution in [-0.4, -0.2) is 15.0 Å². The summed E-state index contributed by atoms with van der Waals surface area (Å²) >= 11 is 1.68. The van der Waals surface area contributed by atoms with Gasteiger partial charge in [0.1, 0.15) is 10.8 Å². The van der Waals surface area contributed by atoms with Crippen molar-refractivity contribution in [1.82, 2.24) is 15.0 Å². The van der Waals surface area contributed by atoms with Gasteiger partial charge < -0.3 is 5.32 Å². The van der Waals surface area contributed by atoms with Gasteiger partial charge in [0.05, 0.1) is 12.4 Å². The topological polar surface area (TPSA) is 50.7 Å². The predicted octanol–water partition coefficient (Wildman–Crippen LogP) is 3.78. The van der Waals surface area contributed by atoms with E-state index in [9.17, 15) is 0 Å². The number of thioether (sulfide) groups is 1. The van der Waals surface area contributed by atoms with E-state index in [4.69, 9.17) is 0 Å². The maximum atomic E-state index is 4.57. The number of hydrogen-bond acceptors (Lipinski definition) is 5. The summed E-state index contributed by atoms with van der Waals surface area (Å²) < 4.78 is 0. The van der Waals surface area contributed by atoms with Crippen LogP contribution in [0.4, 0.5) is 5.82 Å². The Hall–Kier alpha value is -2.40. The molecule has 2 aromatic heterocycles. The van der Waals surface area contributed by atoms with Gasteiger partial charge in [-0.3, -0.25) is 9.97 Å². The summed E-state index contributed by atoms with van der Waals surface area (Å²) in [4.78, 5) is 12.9. The van der Waals surface area contributed by atoms with Gasteiger partial charge in [-0.05, 0) is 17.2 Å². The van der Waals surface area contributed by atoms with Crippen LogP contribution in [0.25, 0.3) is 0 Å². The van der Waals surface area contributed by atoms with E-state index in [0.29, 0.717) is 6.54 Å². The third-order valence-electron chi connectivity index (χ3n) is 3.04. The number of aromatic nitrogens is 3. The zero-order chi connectivity index (χ0) is 15.0. The first-order valence-corrected chi connectivity index (χ1v) is 8.00. The van der Waals surface area contributed by atoms with Crippen LogP contribution >= 0.6 is 11.8 Å². The number of nitrogens with one attached hydrogen (secondary N) is 1. The zero-order valence-corrected chi connectivity index (χ0v) is 12.8. The second-order valence-electron chi connectivity index (χ2n) is 4.73. The maximum absolute atomic E-state index is 4.57. The summed E-state index contributed by atoms with van der Waals surface area (Å²) in [6.45, 7) is 0.690. The lowest BCUT2D eigenvalue weighted by atomic mass is 10.2. The molecular weight excluding hydrogens is 292 g/mol. The van der Waals surface area contributed by atoms with Gasteiger partial charge in [0, 0.05) is 24.7 Å². The van der Waals surface area contributed by atoms with Gasteiger partial charge in [0.15, 0.2) is 0 Å². The summed E-state index contributed by atoms with van der Waals surface area (Å²) in [5.41, 5.74) is 2.40. The highest BCUT2D eigenvalue weighted by Gasteiger charge is 2.01. The molecule has 0 saturated heterocycles. The zero-order valence-electron chi connectivity index (χ0n) is 12.0. The molecule has 5 heteroatoms. The number of hydrogen-bond donors (Lipinski definition) is 1. The van der Waals surface area contributed by atoms with E-state index < -0.39 is 0 Å². The van der Waals surface area contributed by atoms with Gasteiger partial charge in [-0.2, -0.15) is 0 Å². The van der Waals surface area contributed by atoms with Crippen molar-refractivity contribution < 1.29 is 0 Å². The lowest BCUT2D eigenvalue weighted by Gasteiger charge is -2.06. The molecule has 0 amide bonds. The average molecular weight is 308 g/mol. The highest BCUT2D eigenvalue weighted by Crippen LogP contribution is 2.21. The van der Waals surface area contributed by atoms with Crippen LogP contribution in [0.5, 0.6) is 0 Å². The lowest BCUT2D eigenvalue weighted by Crippen LogP contribution is -2.02. The van der Waals surface area contributed by atoms with Crippen LogP contribution in [0.2, 0.25) is 0 Å². The molecule has 3 aromatic rings. The molecule has 0 aliphatic carbocycles. The fourth-order valence-electron chi connectivity index (χ4n) is 1.93. The van der Waals surface area contributed by atoms with Crippen LogP contribution < -0.4 is 5.32 Å². The van der Waals surface area contributed by atoms with Crippen molar-refractivity contribution in [2.45, 2.75) is 17.3 Å². The molecule has 0 aliphatic rings. The van der Waals surface area contributed by atoms with E-state index in [-0.39, 0.29) is 0 Å². The summed E-state index contributed by atoms with van der Waals surface area (Å²) in [5.74, 6) is 1.67. The Morgan fingerprint density at radius 2 is 1.73 bits per heavy atom. The monoisotopic (exact) mass is 308 g/mol. The average Bonchev–Trinajstić information content (AvgIpc) is 2.60. The van der Waals surface area contributed by atoms with Crippen molar-refractivity contribution in [3.05, 3.63) is 78.4 Å². The molecule has 0 radical (unpaired) electrons. The van der Waals surface area contributed by atoms with Crippen LogP contribution in [0.1, 0.15) is 11.1 Å². The van der Waals surface area contributed by atoms with Gasteiger partial charge in [0.2, 0.25) is 0 Å². The smallest absolute Gasteiger partial charge is 0.146 e. The second-order valence-corrected chi connectivity index (χ2v) is 5.73. The highest BCUT2D eigenvalue weighted by atomic mass is 32.2. The molecule has 0 bridgehead atoms. The number of pyridine rings is 1. The summed E-state index contributed by atoms with van der Waals surface area (Å²) in [5, 5.41) is 4.19.